The molecule has 0 bridgehead atoms. The van der Waals surface area contributed by atoms with E-state index in [2.05, 4.69) is 36.8 Å². The van der Waals surface area contributed by atoms with Crippen molar-refractivity contribution in [3.8, 4) is 0 Å². The van der Waals surface area contributed by atoms with E-state index < -0.39 is 0 Å². The molecule has 16 heavy (non-hydrogen) atoms. The van der Waals surface area contributed by atoms with Gasteiger partial charge in [0.1, 0.15) is 5.82 Å². The largest absolute Gasteiger partial charge is 0.296 e. The lowest BCUT2D eigenvalue weighted by atomic mass is 10.2. The van der Waals surface area contributed by atoms with Gasteiger partial charge in [-0.05, 0) is 34.5 Å². The van der Waals surface area contributed by atoms with E-state index in [4.69, 9.17) is 0 Å². The lowest BCUT2D eigenvalue weighted by Crippen LogP contribution is -2.21. The molecule has 0 saturated carbocycles. The summed E-state index contributed by atoms with van der Waals surface area (Å²) in [6.45, 7) is 0.791. The highest BCUT2D eigenvalue weighted by atomic mass is 79.9. The highest BCUT2D eigenvalue weighted by molar-refractivity contribution is 9.11. The predicted octanol–water partition coefficient (Wildman–Crippen LogP) is 2.87. The van der Waals surface area contributed by atoms with Gasteiger partial charge in [-0.15, -0.1) is 0 Å². The van der Waals surface area contributed by atoms with Crippen LogP contribution in [0.4, 0.5) is 0 Å². The van der Waals surface area contributed by atoms with Crippen molar-refractivity contribution < 1.29 is 0 Å². The van der Waals surface area contributed by atoms with E-state index in [1.165, 1.54) is 0 Å². The lowest BCUT2D eigenvalue weighted by Gasteiger charge is -2.06. The zero-order valence-corrected chi connectivity index (χ0v) is 11.5. The standard InChI is InChI=1S/C11H8Br2N2O/c12-6-4-7(13)10-8(5-6)14-9-2-1-3-15(9)11(10)16/h4-5H,1-3H2. The van der Waals surface area contributed by atoms with Crippen LogP contribution < -0.4 is 5.56 Å². The van der Waals surface area contributed by atoms with Gasteiger partial charge in [0.25, 0.3) is 5.56 Å². The maximum atomic E-state index is 12.2. The minimum absolute atomic E-state index is 0.0666. The summed E-state index contributed by atoms with van der Waals surface area (Å²) in [7, 11) is 0. The lowest BCUT2D eigenvalue weighted by molar-refractivity contribution is 0.719. The molecule has 0 amide bonds. The van der Waals surface area contributed by atoms with Crippen LogP contribution in [0.2, 0.25) is 0 Å². The number of aromatic nitrogens is 2. The molecule has 1 aromatic carbocycles. The molecule has 0 unspecified atom stereocenters. The van der Waals surface area contributed by atoms with E-state index in [0.717, 1.165) is 39.7 Å². The van der Waals surface area contributed by atoms with Crippen molar-refractivity contribution in [2.24, 2.45) is 0 Å². The average Bonchev–Trinajstić information content (AvgIpc) is 2.64. The summed E-state index contributed by atoms with van der Waals surface area (Å²) in [6, 6.07) is 3.77. The van der Waals surface area contributed by atoms with Gasteiger partial charge >= 0.3 is 0 Å². The topological polar surface area (TPSA) is 34.9 Å². The first-order valence-corrected chi connectivity index (χ1v) is 6.64. The molecule has 0 radical (unpaired) electrons. The first kappa shape index (κ1) is 10.5. The highest BCUT2D eigenvalue weighted by Gasteiger charge is 2.17. The van der Waals surface area contributed by atoms with E-state index >= 15 is 0 Å². The van der Waals surface area contributed by atoms with Crippen molar-refractivity contribution in [3.05, 3.63) is 37.3 Å². The fourth-order valence-electron chi connectivity index (χ4n) is 2.13. The fraction of sp³-hybridized carbons (Fsp3) is 0.273. The van der Waals surface area contributed by atoms with E-state index in [1.54, 1.807) is 4.57 Å². The van der Waals surface area contributed by atoms with Crippen LogP contribution in [-0.4, -0.2) is 9.55 Å². The van der Waals surface area contributed by atoms with Gasteiger partial charge < -0.3 is 0 Å². The Labute approximate surface area is 109 Å². The van der Waals surface area contributed by atoms with Crippen LogP contribution in [0.25, 0.3) is 10.9 Å². The third-order valence-electron chi connectivity index (χ3n) is 2.84. The molecule has 3 rings (SSSR count). The summed E-state index contributed by atoms with van der Waals surface area (Å²) >= 11 is 6.83. The number of benzene rings is 1. The predicted molar refractivity (Wildman–Crippen MR) is 69.7 cm³/mol. The normalized spacial score (nSPS) is 14.4. The Morgan fingerprint density at radius 2 is 2.12 bits per heavy atom. The zero-order valence-electron chi connectivity index (χ0n) is 8.33. The molecule has 1 aromatic heterocycles. The van der Waals surface area contributed by atoms with Crippen LogP contribution in [0, 0.1) is 0 Å². The summed E-state index contributed by atoms with van der Waals surface area (Å²) in [4.78, 5) is 16.8. The SMILES string of the molecule is O=c1c2c(Br)cc(Br)cc2nc2n1CCC2. The summed E-state index contributed by atoms with van der Waals surface area (Å²) in [6.07, 6.45) is 1.91. The van der Waals surface area contributed by atoms with Gasteiger partial charge in [-0.3, -0.25) is 9.36 Å². The second-order valence-corrected chi connectivity index (χ2v) is 5.64. The van der Waals surface area contributed by atoms with Gasteiger partial charge in [-0.25, -0.2) is 4.98 Å². The summed E-state index contributed by atoms with van der Waals surface area (Å²) in [5.74, 6) is 0.905. The summed E-state index contributed by atoms with van der Waals surface area (Å²) in [5.41, 5.74) is 0.830. The minimum Gasteiger partial charge on any atom is -0.296 e. The molecule has 1 aliphatic heterocycles. The molecule has 5 heteroatoms. The third kappa shape index (κ3) is 1.45. The Bertz CT molecular complexity index is 648. The molecule has 82 valence electrons. The van der Waals surface area contributed by atoms with Crippen LogP contribution >= 0.6 is 31.9 Å². The smallest absolute Gasteiger partial charge is 0.262 e. The Hall–Kier alpha value is -0.680. The quantitative estimate of drug-likeness (QED) is 0.737. The van der Waals surface area contributed by atoms with Gasteiger partial charge in [0.2, 0.25) is 0 Å². The Balaban J connectivity index is 2.51. The average molecular weight is 344 g/mol. The molecular weight excluding hydrogens is 336 g/mol. The number of halogens is 2. The van der Waals surface area contributed by atoms with Crippen LogP contribution in [0.5, 0.6) is 0 Å². The molecule has 0 aliphatic carbocycles. The maximum absolute atomic E-state index is 12.2. The molecule has 3 nitrogen and oxygen atoms in total. The number of hydrogen-bond acceptors (Lipinski definition) is 2. The minimum atomic E-state index is 0.0666. The van der Waals surface area contributed by atoms with Gasteiger partial charge in [0.05, 0.1) is 10.9 Å². The highest BCUT2D eigenvalue weighted by Crippen LogP contribution is 2.26. The second kappa shape index (κ2) is 3.67. The van der Waals surface area contributed by atoms with Crippen LogP contribution in [0.1, 0.15) is 12.2 Å². The Kier molecular flexibility index (Phi) is 2.40. The molecule has 0 atom stereocenters. The van der Waals surface area contributed by atoms with E-state index in [0.29, 0.717) is 5.39 Å². The molecule has 0 spiro atoms. The van der Waals surface area contributed by atoms with E-state index in [-0.39, 0.29) is 5.56 Å². The molecular formula is C11H8Br2N2O. The number of fused-ring (bicyclic) bond motifs is 2. The van der Waals surface area contributed by atoms with Gasteiger partial charge in [0.15, 0.2) is 0 Å². The van der Waals surface area contributed by atoms with Crippen molar-refractivity contribution in [2.45, 2.75) is 19.4 Å². The van der Waals surface area contributed by atoms with E-state index in [9.17, 15) is 4.79 Å². The van der Waals surface area contributed by atoms with Crippen molar-refractivity contribution in [1.82, 2.24) is 9.55 Å². The second-order valence-electron chi connectivity index (χ2n) is 3.87. The zero-order chi connectivity index (χ0) is 11.3. The van der Waals surface area contributed by atoms with Gasteiger partial charge in [-0.2, -0.15) is 0 Å². The van der Waals surface area contributed by atoms with Gasteiger partial charge in [-0.1, -0.05) is 15.9 Å². The van der Waals surface area contributed by atoms with Crippen molar-refractivity contribution >= 4 is 42.8 Å². The van der Waals surface area contributed by atoms with Gasteiger partial charge in [0, 0.05) is 21.9 Å². The number of rotatable bonds is 0. The molecule has 2 aromatic rings. The van der Waals surface area contributed by atoms with Crippen LogP contribution in [0.3, 0.4) is 0 Å². The summed E-state index contributed by atoms with van der Waals surface area (Å²) in [5, 5.41) is 0.675. The molecule has 2 heterocycles. The number of nitrogens with zero attached hydrogens (tertiary/aromatic N) is 2. The Morgan fingerprint density at radius 1 is 1.31 bits per heavy atom. The molecule has 1 aliphatic rings. The van der Waals surface area contributed by atoms with Crippen molar-refractivity contribution in [1.29, 1.82) is 0 Å². The van der Waals surface area contributed by atoms with Crippen LogP contribution in [-0.2, 0) is 13.0 Å². The third-order valence-corrected chi connectivity index (χ3v) is 3.92. The molecule has 0 fully saturated rings. The maximum Gasteiger partial charge on any atom is 0.262 e. The molecule has 0 saturated heterocycles. The first-order chi connectivity index (χ1) is 7.66. The number of aryl methyl sites for hydroxylation is 1. The van der Waals surface area contributed by atoms with E-state index in [1.807, 2.05) is 12.1 Å². The summed E-state index contributed by atoms with van der Waals surface area (Å²) < 4.78 is 3.51. The van der Waals surface area contributed by atoms with Crippen molar-refractivity contribution in [3.63, 3.8) is 0 Å². The molecule has 0 N–H and O–H groups in total. The van der Waals surface area contributed by atoms with Crippen LogP contribution in [0.15, 0.2) is 25.9 Å². The first-order valence-electron chi connectivity index (χ1n) is 5.05. The van der Waals surface area contributed by atoms with Crippen molar-refractivity contribution in [2.75, 3.05) is 0 Å². The Morgan fingerprint density at radius 3 is 2.94 bits per heavy atom. The number of hydrogen-bond donors (Lipinski definition) is 0. The fourth-order valence-corrected chi connectivity index (χ4v) is 3.50. The monoisotopic (exact) mass is 342 g/mol.